The van der Waals surface area contributed by atoms with E-state index < -0.39 is 24.2 Å². The highest BCUT2D eigenvalue weighted by atomic mass is 127. The van der Waals surface area contributed by atoms with E-state index in [1.807, 2.05) is 43.4 Å². The van der Waals surface area contributed by atoms with E-state index in [0.717, 1.165) is 5.57 Å². The third kappa shape index (κ3) is 8.79. The van der Waals surface area contributed by atoms with Gasteiger partial charge in [-0.3, -0.25) is 14.4 Å². The SMILES string of the molecule is CCOCCCN(C(=O)C=C(C)C)C1CC(C(=O)NCCO)=CC(Oc2c(I)cc(C=O)cc2OC)C1O. The van der Waals surface area contributed by atoms with Crippen molar-refractivity contribution in [3.05, 3.63) is 44.6 Å². The van der Waals surface area contributed by atoms with Crippen LogP contribution in [0.5, 0.6) is 11.5 Å². The highest BCUT2D eigenvalue weighted by molar-refractivity contribution is 14.1. The molecule has 0 aliphatic heterocycles. The topological polar surface area (TPSA) is 135 Å². The van der Waals surface area contributed by atoms with Gasteiger partial charge in [0, 0.05) is 49.9 Å². The van der Waals surface area contributed by atoms with Gasteiger partial charge in [-0.05, 0) is 68.0 Å². The van der Waals surface area contributed by atoms with Gasteiger partial charge < -0.3 is 34.6 Å². The number of benzene rings is 1. The maximum Gasteiger partial charge on any atom is 0.247 e. The van der Waals surface area contributed by atoms with Crippen molar-refractivity contribution in [2.45, 2.75) is 51.9 Å². The molecule has 210 valence electrons. The molecule has 0 bridgehead atoms. The molecule has 11 heteroatoms. The standard InChI is InChI=1S/C27H37IN2O8/c1-5-37-10-6-8-30(24(33)11-17(2)3)21-14-19(27(35)29-7-9-31)15-22(25(21)34)38-26-20(28)12-18(16-32)13-23(26)36-4/h11-13,15-16,21-22,25,31,34H,5-10,14H2,1-4H3,(H,29,35). The fraction of sp³-hybridized carbons (Fsp3) is 0.519. The molecule has 1 aliphatic carbocycles. The Morgan fingerprint density at radius 3 is 2.63 bits per heavy atom. The van der Waals surface area contributed by atoms with Gasteiger partial charge in [0.05, 0.1) is 23.3 Å². The molecule has 3 unspecified atom stereocenters. The van der Waals surface area contributed by atoms with E-state index in [4.69, 9.17) is 19.3 Å². The number of nitrogens with zero attached hydrogens (tertiary/aromatic N) is 1. The number of carbonyl (C=O) groups excluding carboxylic acids is 3. The van der Waals surface area contributed by atoms with Gasteiger partial charge in [-0.15, -0.1) is 0 Å². The predicted molar refractivity (Wildman–Crippen MR) is 150 cm³/mol. The lowest BCUT2D eigenvalue weighted by Crippen LogP contribution is -2.55. The molecule has 3 N–H and O–H groups in total. The Balaban J connectivity index is 2.50. The second-order valence-corrected chi connectivity index (χ2v) is 10.1. The van der Waals surface area contributed by atoms with Crippen LogP contribution in [0.4, 0.5) is 0 Å². The number of methoxy groups -OCH3 is 1. The van der Waals surface area contributed by atoms with E-state index in [9.17, 15) is 19.5 Å². The molecule has 0 heterocycles. The molecule has 0 saturated carbocycles. The number of hydrogen-bond acceptors (Lipinski definition) is 8. The molecule has 1 aromatic carbocycles. The molecule has 10 nitrogen and oxygen atoms in total. The first-order chi connectivity index (χ1) is 18.2. The third-order valence-corrected chi connectivity index (χ3v) is 6.64. The molecule has 0 saturated heterocycles. The average molecular weight is 645 g/mol. The van der Waals surface area contributed by atoms with Crippen LogP contribution in [0.3, 0.4) is 0 Å². The zero-order chi connectivity index (χ0) is 28.2. The number of ether oxygens (including phenoxy) is 3. The largest absolute Gasteiger partial charge is 0.493 e. The summed E-state index contributed by atoms with van der Waals surface area (Å²) in [5.74, 6) is -0.120. The normalized spacial score (nSPS) is 18.7. The fourth-order valence-electron chi connectivity index (χ4n) is 4.09. The molecule has 0 radical (unpaired) electrons. The minimum atomic E-state index is -1.18. The van der Waals surface area contributed by atoms with Crippen molar-refractivity contribution in [2.24, 2.45) is 0 Å². The highest BCUT2D eigenvalue weighted by Crippen LogP contribution is 2.37. The molecule has 0 spiro atoms. The van der Waals surface area contributed by atoms with Gasteiger partial charge in [0.15, 0.2) is 11.5 Å². The van der Waals surface area contributed by atoms with Gasteiger partial charge in [-0.1, -0.05) is 5.57 Å². The summed E-state index contributed by atoms with van der Waals surface area (Å²) in [5, 5.41) is 23.3. The summed E-state index contributed by atoms with van der Waals surface area (Å²) >= 11 is 2.01. The molecule has 0 aromatic heterocycles. The third-order valence-electron chi connectivity index (χ3n) is 5.84. The summed E-state index contributed by atoms with van der Waals surface area (Å²) in [4.78, 5) is 39.0. The molecular formula is C27H37IN2O8. The molecule has 1 aliphatic rings. The lowest BCUT2D eigenvalue weighted by molar-refractivity contribution is -0.133. The van der Waals surface area contributed by atoms with Gasteiger partial charge >= 0.3 is 0 Å². The van der Waals surface area contributed by atoms with E-state index >= 15 is 0 Å². The number of aldehydes is 1. The van der Waals surface area contributed by atoms with Crippen LogP contribution in [0.25, 0.3) is 0 Å². The Hall–Kier alpha value is -2.48. The van der Waals surface area contributed by atoms with Crippen LogP contribution < -0.4 is 14.8 Å². The molecule has 3 atom stereocenters. The molecule has 2 amide bonds. The number of allylic oxidation sites excluding steroid dienone is 1. The average Bonchev–Trinajstić information content (AvgIpc) is 2.88. The molecule has 38 heavy (non-hydrogen) atoms. The van der Waals surface area contributed by atoms with Crippen LogP contribution in [0.1, 0.15) is 44.0 Å². The molecule has 1 aromatic rings. The van der Waals surface area contributed by atoms with Crippen LogP contribution >= 0.6 is 22.6 Å². The zero-order valence-corrected chi connectivity index (χ0v) is 24.4. The first-order valence-corrected chi connectivity index (χ1v) is 13.5. The summed E-state index contributed by atoms with van der Waals surface area (Å²) in [5.41, 5.74) is 1.51. The quantitative estimate of drug-likeness (QED) is 0.122. The summed E-state index contributed by atoms with van der Waals surface area (Å²) in [6.45, 7) is 6.63. The number of hydrogen-bond donors (Lipinski definition) is 3. The van der Waals surface area contributed by atoms with Crippen LogP contribution in [0, 0.1) is 3.57 Å². The smallest absolute Gasteiger partial charge is 0.247 e. The second-order valence-electron chi connectivity index (χ2n) is 8.97. The minimum absolute atomic E-state index is 0.0581. The van der Waals surface area contributed by atoms with E-state index in [2.05, 4.69) is 5.32 Å². The summed E-state index contributed by atoms with van der Waals surface area (Å²) < 4.78 is 17.6. The van der Waals surface area contributed by atoms with Gasteiger partial charge in [-0.2, -0.15) is 0 Å². The second kappa shape index (κ2) is 15.8. The summed E-state index contributed by atoms with van der Waals surface area (Å²) in [7, 11) is 1.44. The Labute approximate surface area is 237 Å². The van der Waals surface area contributed by atoms with Crippen LogP contribution in [-0.4, -0.2) is 91.5 Å². The Kier molecular flexibility index (Phi) is 13.2. The summed E-state index contributed by atoms with van der Waals surface area (Å²) in [6, 6.07) is 2.37. The number of amides is 2. The van der Waals surface area contributed by atoms with E-state index in [1.165, 1.54) is 25.3 Å². The van der Waals surface area contributed by atoms with Crippen molar-refractivity contribution in [1.29, 1.82) is 0 Å². The Morgan fingerprint density at radius 1 is 1.29 bits per heavy atom. The zero-order valence-electron chi connectivity index (χ0n) is 22.2. The van der Waals surface area contributed by atoms with Crippen molar-refractivity contribution in [1.82, 2.24) is 10.2 Å². The van der Waals surface area contributed by atoms with E-state index in [1.54, 1.807) is 11.0 Å². The molecule has 2 rings (SSSR count). The first-order valence-electron chi connectivity index (χ1n) is 12.5. The van der Waals surface area contributed by atoms with Crippen LogP contribution in [-0.2, 0) is 14.3 Å². The van der Waals surface area contributed by atoms with Gasteiger partial charge in [0.1, 0.15) is 18.5 Å². The number of carbonyl (C=O) groups is 3. The molecule has 0 fully saturated rings. The number of aliphatic hydroxyl groups is 2. The predicted octanol–water partition coefficient (Wildman–Crippen LogP) is 2.25. The maximum absolute atomic E-state index is 13.3. The monoisotopic (exact) mass is 644 g/mol. The molecular weight excluding hydrogens is 607 g/mol. The Bertz CT molecular complexity index is 1040. The fourth-order valence-corrected chi connectivity index (χ4v) is 4.84. The highest BCUT2D eigenvalue weighted by Gasteiger charge is 2.40. The minimum Gasteiger partial charge on any atom is -0.493 e. The van der Waals surface area contributed by atoms with Gasteiger partial charge in [0.2, 0.25) is 11.8 Å². The Morgan fingerprint density at radius 2 is 2.03 bits per heavy atom. The maximum atomic E-state index is 13.3. The van der Waals surface area contributed by atoms with Crippen molar-refractivity contribution in [2.75, 3.05) is 40.0 Å². The first kappa shape index (κ1) is 31.7. The number of rotatable bonds is 14. The van der Waals surface area contributed by atoms with Gasteiger partial charge in [-0.25, -0.2) is 0 Å². The summed E-state index contributed by atoms with van der Waals surface area (Å²) in [6.07, 6.45) is 2.16. The lowest BCUT2D eigenvalue weighted by Gasteiger charge is -2.40. The van der Waals surface area contributed by atoms with Crippen LogP contribution in [0.15, 0.2) is 35.4 Å². The lowest BCUT2D eigenvalue weighted by atomic mass is 9.88. The van der Waals surface area contributed by atoms with Crippen molar-refractivity contribution >= 4 is 40.7 Å². The van der Waals surface area contributed by atoms with Crippen molar-refractivity contribution in [3.8, 4) is 11.5 Å². The number of nitrogens with one attached hydrogen (secondary N) is 1. The number of aliphatic hydroxyl groups excluding tert-OH is 2. The number of halogens is 1. The van der Waals surface area contributed by atoms with Crippen LogP contribution in [0.2, 0.25) is 0 Å². The van der Waals surface area contributed by atoms with E-state index in [0.29, 0.717) is 58.7 Å². The van der Waals surface area contributed by atoms with E-state index in [-0.39, 0.29) is 25.5 Å². The van der Waals surface area contributed by atoms with Gasteiger partial charge in [0.25, 0.3) is 0 Å². The van der Waals surface area contributed by atoms with Crippen molar-refractivity contribution in [3.63, 3.8) is 0 Å². The van der Waals surface area contributed by atoms with Crippen molar-refractivity contribution < 1.29 is 38.8 Å².